The minimum Gasteiger partial charge on any atom is -0.309 e. The molecule has 1 N–H and O–H groups in total. The second-order valence-corrected chi connectivity index (χ2v) is 6.00. The molecule has 1 heterocycles. The molecular formula is C14H20N2S. The van der Waals surface area contributed by atoms with Crippen molar-refractivity contribution in [2.75, 3.05) is 0 Å². The summed E-state index contributed by atoms with van der Waals surface area (Å²) in [5.41, 5.74) is 0.790. The number of nitrogens with one attached hydrogen (secondary N) is 1. The van der Waals surface area contributed by atoms with Gasteiger partial charge in [-0.3, -0.25) is 0 Å². The topological polar surface area (TPSA) is 35.8 Å². The summed E-state index contributed by atoms with van der Waals surface area (Å²) in [5.74, 6) is 1.68. The third-order valence-electron chi connectivity index (χ3n) is 4.07. The molecule has 1 aliphatic rings. The Morgan fingerprint density at radius 1 is 1.53 bits per heavy atom. The SMILES string of the molecule is CCC1CCC(NCc2cc(C#N)cs2)C1C. The van der Waals surface area contributed by atoms with Crippen LogP contribution in [0.1, 0.15) is 43.6 Å². The normalized spacial score (nSPS) is 28.2. The van der Waals surface area contributed by atoms with Gasteiger partial charge < -0.3 is 5.32 Å². The van der Waals surface area contributed by atoms with Gasteiger partial charge in [-0.1, -0.05) is 20.3 Å². The van der Waals surface area contributed by atoms with Crippen LogP contribution in [0, 0.1) is 23.2 Å². The van der Waals surface area contributed by atoms with E-state index in [9.17, 15) is 0 Å². The van der Waals surface area contributed by atoms with E-state index < -0.39 is 0 Å². The van der Waals surface area contributed by atoms with E-state index in [-0.39, 0.29) is 0 Å². The summed E-state index contributed by atoms with van der Waals surface area (Å²) in [6.07, 6.45) is 3.97. The molecule has 0 bridgehead atoms. The van der Waals surface area contributed by atoms with Crippen LogP contribution in [0.3, 0.4) is 0 Å². The quantitative estimate of drug-likeness (QED) is 0.884. The summed E-state index contributed by atoms with van der Waals surface area (Å²) in [4.78, 5) is 1.27. The molecule has 3 atom stereocenters. The Bertz CT molecular complexity index is 405. The number of hydrogen-bond acceptors (Lipinski definition) is 3. The van der Waals surface area contributed by atoms with Gasteiger partial charge in [-0.05, 0) is 30.7 Å². The molecule has 3 unspecified atom stereocenters. The smallest absolute Gasteiger partial charge is 0.100 e. The highest BCUT2D eigenvalue weighted by Crippen LogP contribution is 2.34. The Balaban J connectivity index is 1.85. The van der Waals surface area contributed by atoms with Gasteiger partial charge in [-0.15, -0.1) is 11.3 Å². The van der Waals surface area contributed by atoms with Gasteiger partial charge in [-0.2, -0.15) is 5.26 Å². The van der Waals surface area contributed by atoms with E-state index >= 15 is 0 Å². The summed E-state index contributed by atoms with van der Waals surface area (Å²) in [6.45, 7) is 5.58. The molecular weight excluding hydrogens is 228 g/mol. The minimum atomic E-state index is 0.660. The number of thiophene rings is 1. The lowest BCUT2D eigenvalue weighted by Crippen LogP contribution is -2.31. The highest BCUT2D eigenvalue weighted by Gasteiger charge is 2.30. The van der Waals surface area contributed by atoms with E-state index in [1.165, 1.54) is 24.1 Å². The van der Waals surface area contributed by atoms with E-state index in [0.29, 0.717) is 6.04 Å². The Morgan fingerprint density at radius 2 is 2.35 bits per heavy atom. The van der Waals surface area contributed by atoms with Crippen molar-refractivity contribution >= 4 is 11.3 Å². The van der Waals surface area contributed by atoms with Crippen molar-refractivity contribution < 1.29 is 0 Å². The fourth-order valence-corrected chi connectivity index (χ4v) is 3.64. The van der Waals surface area contributed by atoms with Crippen molar-refractivity contribution in [3.05, 3.63) is 21.9 Å². The first-order valence-electron chi connectivity index (χ1n) is 6.45. The van der Waals surface area contributed by atoms with Crippen LogP contribution in [0.2, 0.25) is 0 Å². The molecule has 2 nitrogen and oxygen atoms in total. The van der Waals surface area contributed by atoms with Crippen molar-refractivity contribution in [2.45, 2.75) is 45.7 Å². The van der Waals surface area contributed by atoms with Gasteiger partial charge in [0.15, 0.2) is 0 Å². The van der Waals surface area contributed by atoms with Crippen molar-refractivity contribution in [1.82, 2.24) is 5.32 Å². The van der Waals surface area contributed by atoms with E-state index in [1.54, 1.807) is 11.3 Å². The van der Waals surface area contributed by atoms with Gasteiger partial charge in [0.25, 0.3) is 0 Å². The van der Waals surface area contributed by atoms with Gasteiger partial charge in [0.1, 0.15) is 6.07 Å². The largest absolute Gasteiger partial charge is 0.309 e. The average Bonchev–Trinajstić information content (AvgIpc) is 2.93. The maximum absolute atomic E-state index is 8.78. The first-order valence-corrected chi connectivity index (χ1v) is 7.33. The first-order chi connectivity index (χ1) is 8.24. The predicted molar refractivity (Wildman–Crippen MR) is 71.8 cm³/mol. The van der Waals surface area contributed by atoms with Crippen LogP contribution in [0.15, 0.2) is 11.4 Å². The molecule has 0 aromatic carbocycles. The fraction of sp³-hybridized carbons (Fsp3) is 0.643. The monoisotopic (exact) mass is 248 g/mol. The lowest BCUT2D eigenvalue weighted by atomic mass is 9.93. The summed E-state index contributed by atoms with van der Waals surface area (Å²) < 4.78 is 0. The molecule has 1 saturated carbocycles. The molecule has 1 aromatic rings. The highest BCUT2D eigenvalue weighted by atomic mass is 32.1. The van der Waals surface area contributed by atoms with Gasteiger partial charge >= 0.3 is 0 Å². The molecule has 0 aliphatic heterocycles. The molecule has 0 spiro atoms. The molecule has 0 amide bonds. The summed E-state index contributed by atoms with van der Waals surface area (Å²) >= 11 is 1.68. The lowest BCUT2D eigenvalue weighted by Gasteiger charge is -2.20. The third-order valence-corrected chi connectivity index (χ3v) is 5.01. The molecule has 0 saturated heterocycles. The molecule has 92 valence electrons. The third kappa shape index (κ3) is 2.88. The molecule has 1 aliphatic carbocycles. The number of rotatable bonds is 4. The van der Waals surface area contributed by atoms with Crippen LogP contribution in [-0.4, -0.2) is 6.04 Å². The zero-order chi connectivity index (χ0) is 12.3. The molecule has 2 rings (SSSR count). The maximum atomic E-state index is 8.78. The minimum absolute atomic E-state index is 0.660. The van der Waals surface area contributed by atoms with E-state index in [1.807, 2.05) is 11.4 Å². The molecule has 17 heavy (non-hydrogen) atoms. The zero-order valence-electron chi connectivity index (χ0n) is 10.6. The number of hydrogen-bond donors (Lipinski definition) is 1. The first kappa shape index (κ1) is 12.6. The molecule has 0 radical (unpaired) electrons. The number of nitriles is 1. The average molecular weight is 248 g/mol. The van der Waals surface area contributed by atoms with Gasteiger partial charge in [0, 0.05) is 22.8 Å². The van der Waals surface area contributed by atoms with Crippen LogP contribution in [0.4, 0.5) is 0 Å². The van der Waals surface area contributed by atoms with E-state index in [2.05, 4.69) is 25.2 Å². The summed E-state index contributed by atoms with van der Waals surface area (Å²) in [5, 5.41) is 14.4. The van der Waals surface area contributed by atoms with Crippen LogP contribution >= 0.6 is 11.3 Å². The van der Waals surface area contributed by atoms with Gasteiger partial charge in [-0.25, -0.2) is 0 Å². The second kappa shape index (κ2) is 5.66. The Morgan fingerprint density at radius 3 is 2.94 bits per heavy atom. The molecule has 1 aromatic heterocycles. The maximum Gasteiger partial charge on any atom is 0.100 e. The predicted octanol–water partition coefficient (Wildman–Crippen LogP) is 3.53. The van der Waals surface area contributed by atoms with Crippen molar-refractivity contribution in [1.29, 1.82) is 5.26 Å². The lowest BCUT2D eigenvalue weighted by molar-refractivity contribution is 0.345. The van der Waals surface area contributed by atoms with Crippen LogP contribution in [-0.2, 0) is 6.54 Å². The van der Waals surface area contributed by atoms with Crippen molar-refractivity contribution in [2.24, 2.45) is 11.8 Å². The number of nitrogens with zero attached hydrogens (tertiary/aromatic N) is 1. The summed E-state index contributed by atoms with van der Waals surface area (Å²) in [7, 11) is 0. The molecule has 1 fully saturated rings. The van der Waals surface area contributed by atoms with Gasteiger partial charge in [0.2, 0.25) is 0 Å². The zero-order valence-corrected chi connectivity index (χ0v) is 11.4. The fourth-order valence-electron chi connectivity index (χ4n) is 2.88. The summed E-state index contributed by atoms with van der Waals surface area (Å²) in [6, 6.07) is 4.84. The molecule has 3 heteroatoms. The van der Waals surface area contributed by atoms with Crippen LogP contribution < -0.4 is 5.32 Å². The van der Waals surface area contributed by atoms with Crippen LogP contribution in [0.25, 0.3) is 0 Å². The van der Waals surface area contributed by atoms with E-state index in [0.717, 1.165) is 23.9 Å². The Kier molecular flexibility index (Phi) is 4.20. The van der Waals surface area contributed by atoms with E-state index in [4.69, 9.17) is 5.26 Å². The Labute approximate surface area is 108 Å². The Hall–Kier alpha value is -0.850. The highest BCUT2D eigenvalue weighted by molar-refractivity contribution is 7.10. The van der Waals surface area contributed by atoms with Crippen LogP contribution in [0.5, 0.6) is 0 Å². The second-order valence-electron chi connectivity index (χ2n) is 5.01. The van der Waals surface area contributed by atoms with Crippen molar-refractivity contribution in [3.8, 4) is 6.07 Å². The van der Waals surface area contributed by atoms with Gasteiger partial charge in [0.05, 0.1) is 5.56 Å². The standard InChI is InChI=1S/C14H20N2S/c1-3-12-4-5-14(10(12)2)16-8-13-6-11(7-15)9-17-13/h6,9-10,12,14,16H,3-5,8H2,1-2H3. The van der Waals surface area contributed by atoms with Crippen molar-refractivity contribution in [3.63, 3.8) is 0 Å².